The van der Waals surface area contributed by atoms with E-state index in [0.29, 0.717) is 41.4 Å². The molecular formula is C35H44FN7O5. The molecule has 0 fully saturated rings. The van der Waals surface area contributed by atoms with Crippen LogP contribution in [0.15, 0.2) is 42.5 Å². The molecule has 4 rings (SSSR count). The zero-order valence-electron chi connectivity index (χ0n) is 28.0. The summed E-state index contributed by atoms with van der Waals surface area (Å²) in [5, 5.41) is 8.37. The largest absolute Gasteiger partial charge is 0.497 e. The Morgan fingerprint density at radius 3 is 2.44 bits per heavy atom. The molecule has 1 aliphatic heterocycles. The smallest absolute Gasteiger partial charge is 0.329 e. The van der Waals surface area contributed by atoms with Gasteiger partial charge in [-0.3, -0.25) is 14.4 Å². The lowest BCUT2D eigenvalue weighted by Gasteiger charge is -2.22. The molecular weight excluding hydrogens is 617 g/mol. The number of carbonyl (C=O) groups is 4. The van der Waals surface area contributed by atoms with Gasteiger partial charge in [-0.25, -0.2) is 14.1 Å². The number of rotatable bonds is 14. The lowest BCUT2D eigenvalue weighted by atomic mass is 10.0. The van der Waals surface area contributed by atoms with Crippen LogP contribution in [0.2, 0.25) is 0 Å². The summed E-state index contributed by atoms with van der Waals surface area (Å²) in [4.78, 5) is 59.9. The van der Waals surface area contributed by atoms with Gasteiger partial charge in [0.15, 0.2) is 0 Å². The van der Waals surface area contributed by atoms with E-state index in [1.54, 1.807) is 45.2 Å². The summed E-state index contributed by atoms with van der Waals surface area (Å²) in [5.74, 6) is -1.36. The number of hydrogen-bond donors (Lipinski definition) is 5. The van der Waals surface area contributed by atoms with Crippen molar-refractivity contribution >= 4 is 41.1 Å². The third-order valence-corrected chi connectivity index (χ3v) is 8.42. The number of hydrogen-bond acceptors (Lipinski definition) is 7. The number of anilines is 1. The monoisotopic (exact) mass is 661 g/mol. The molecule has 13 heteroatoms. The quantitative estimate of drug-likeness (QED) is 0.165. The minimum Gasteiger partial charge on any atom is -0.497 e. The number of nitrogens with one attached hydrogen (secondary N) is 4. The predicted octanol–water partition coefficient (Wildman–Crippen LogP) is 3.48. The number of aryl methyl sites for hydroxylation is 1. The highest BCUT2D eigenvalue weighted by Crippen LogP contribution is 2.39. The Hall–Kier alpha value is -5.01. The van der Waals surface area contributed by atoms with Crippen molar-refractivity contribution in [1.29, 1.82) is 0 Å². The van der Waals surface area contributed by atoms with Crippen molar-refractivity contribution in [3.8, 4) is 5.75 Å². The van der Waals surface area contributed by atoms with Crippen LogP contribution in [-0.2, 0) is 16.1 Å². The van der Waals surface area contributed by atoms with Gasteiger partial charge < -0.3 is 36.3 Å². The van der Waals surface area contributed by atoms with E-state index in [1.165, 1.54) is 18.2 Å². The van der Waals surface area contributed by atoms with Crippen molar-refractivity contribution in [1.82, 2.24) is 25.8 Å². The molecule has 0 spiro atoms. The Kier molecular flexibility index (Phi) is 12.1. The molecule has 256 valence electrons. The van der Waals surface area contributed by atoms with Gasteiger partial charge in [0.05, 0.1) is 23.9 Å². The van der Waals surface area contributed by atoms with Gasteiger partial charge in [-0.2, -0.15) is 0 Å². The first kappa shape index (κ1) is 35.8. The molecule has 1 aliphatic rings. The number of aromatic amines is 1. The number of fused-ring (bicyclic) bond motifs is 1. The van der Waals surface area contributed by atoms with Crippen LogP contribution in [0.3, 0.4) is 0 Å². The molecule has 1 atom stereocenters. The first-order valence-electron chi connectivity index (χ1n) is 16.0. The van der Waals surface area contributed by atoms with Crippen LogP contribution in [0.1, 0.15) is 58.7 Å². The van der Waals surface area contributed by atoms with Gasteiger partial charge in [0.2, 0.25) is 5.91 Å². The molecule has 0 saturated carbocycles. The van der Waals surface area contributed by atoms with Crippen LogP contribution < -0.4 is 31.3 Å². The van der Waals surface area contributed by atoms with Gasteiger partial charge >= 0.3 is 6.03 Å². The number of imide groups is 1. The van der Waals surface area contributed by atoms with E-state index >= 15 is 0 Å². The number of halogens is 1. The van der Waals surface area contributed by atoms with E-state index in [2.05, 4.69) is 39.7 Å². The maximum atomic E-state index is 14.5. The Bertz CT molecular complexity index is 1680. The number of ether oxygens (including phenoxy) is 1. The normalized spacial score (nSPS) is 13.9. The topological polar surface area (TPSA) is 162 Å². The molecule has 2 heterocycles. The van der Waals surface area contributed by atoms with Crippen molar-refractivity contribution in [3.63, 3.8) is 0 Å². The maximum Gasteiger partial charge on any atom is 0.329 e. The van der Waals surface area contributed by atoms with Gasteiger partial charge in [0, 0.05) is 36.6 Å². The van der Waals surface area contributed by atoms with Gasteiger partial charge in [-0.1, -0.05) is 26.0 Å². The number of H-pyrrole nitrogens is 1. The molecule has 2 aromatic carbocycles. The third kappa shape index (κ3) is 8.09. The van der Waals surface area contributed by atoms with Crippen LogP contribution >= 0.6 is 0 Å². The summed E-state index contributed by atoms with van der Waals surface area (Å²) in [5.41, 5.74) is 9.11. The number of aromatic nitrogens is 1. The molecule has 12 nitrogen and oxygen atoms in total. The maximum absolute atomic E-state index is 14.5. The van der Waals surface area contributed by atoms with Crippen LogP contribution in [0, 0.1) is 19.7 Å². The number of amides is 5. The number of carbonyl (C=O) groups excluding carboxylic acids is 4. The van der Waals surface area contributed by atoms with Crippen LogP contribution in [0.4, 0.5) is 14.9 Å². The molecule has 5 amide bonds. The predicted molar refractivity (Wildman–Crippen MR) is 183 cm³/mol. The van der Waals surface area contributed by atoms with Crippen LogP contribution in [0.25, 0.3) is 11.6 Å². The Morgan fingerprint density at radius 2 is 1.79 bits per heavy atom. The fourth-order valence-electron chi connectivity index (χ4n) is 5.67. The van der Waals surface area contributed by atoms with Crippen molar-refractivity contribution in [2.75, 3.05) is 44.7 Å². The number of nitrogens with zero attached hydrogens (tertiary/aromatic N) is 2. The molecule has 48 heavy (non-hydrogen) atoms. The van der Waals surface area contributed by atoms with Crippen LogP contribution in [-0.4, -0.2) is 79.5 Å². The van der Waals surface area contributed by atoms with E-state index in [9.17, 15) is 23.6 Å². The number of methoxy groups -OCH3 is 1. The standard InChI is InChI=1S/C35H44FN7O5/c1-6-42(7-2)17-16-38-33(45)31-21(3)29(40-22(31)4)19-27-26-18-24(36)10-13-30(26)43(34(27)46)35(47)41-28(14-15-37)32(44)39-20-23-8-11-25(48-5)12-9-23/h8-13,18-19,28,40H,6-7,14-17,20,37H2,1-5H3,(H,38,45)(H,39,44)(H,41,47)/b27-19-/t28-/m0/s1. The fraction of sp³-hybridized carbons (Fsp3) is 0.371. The number of likely N-dealkylation sites (N-methyl/N-ethyl adjacent to an activating group) is 1. The molecule has 1 aromatic heterocycles. The number of nitrogens with two attached hydrogens (primary N) is 1. The average molecular weight is 662 g/mol. The number of urea groups is 1. The summed E-state index contributed by atoms with van der Waals surface area (Å²) in [6.45, 7) is 10.9. The van der Waals surface area contributed by atoms with Crippen molar-refractivity contribution in [2.24, 2.45) is 5.73 Å². The molecule has 0 bridgehead atoms. The summed E-state index contributed by atoms with van der Waals surface area (Å²) in [6, 6.07) is 8.92. The second kappa shape index (κ2) is 16.2. The summed E-state index contributed by atoms with van der Waals surface area (Å²) >= 11 is 0. The lowest BCUT2D eigenvalue weighted by molar-refractivity contribution is -0.123. The van der Waals surface area contributed by atoms with Gasteiger partial charge in [-0.05, 0) is 87.4 Å². The summed E-state index contributed by atoms with van der Waals surface area (Å²) in [7, 11) is 1.56. The minimum atomic E-state index is -1.04. The minimum absolute atomic E-state index is 0.0526. The fourth-order valence-corrected chi connectivity index (χ4v) is 5.67. The van der Waals surface area contributed by atoms with E-state index < -0.39 is 29.7 Å². The van der Waals surface area contributed by atoms with E-state index in [4.69, 9.17) is 10.5 Å². The average Bonchev–Trinajstić information content (AvgIpc) is 3.51. The van der Waals surface area contributed by atoms with E-state index in [0.717, 1.165) is 29.6 Å². The highest BCUT2D eigenvalue weighted by Gasteiger charge is 2.38. The summed E-state index contributed by atoms with van der Waals surface area (Å²) in [6.07, 6.45) is 1.63. The van der Waals surface area contributed by atoms with E-state index in [1.807, 2.05) is 0 Å². The van der Waals surface area contributed by atoms with E-state index in [-0.39, 0.29) is 42.2 Å². The Balaban J connectivity index is 1.54. The van der Waals surface area contributed by atoms with Gasteiger partial charge in [-0.15, -0.1) is 0 Å². The molecule has 0 saturated heterocycles. The number of benzene rings is 2. The SMILES string of the molecule is CCN(CC)CCNC(=O)c1c(C)[nH]c(/C=C2\C(=O)N(C(=O)N[C@@H](CCN)C(=O)NCc3ccc(OC)cc3)c3ccc(F)cc32)c1C. The third-order valence-electron chi connectivity index (χ3n) is 8.42. The van der Waals surface area contributed by atoms with Crippen molar-refractivity contribution in [3.05, 3.63) is 81.9 Å². The highest BCUT2D eigenvalue weighted by molar-refractivity contribution is 6.42. The molecule has 0 aliphatic carbocycles. The lowest BCUT2D eigenvalue weighted by Crippen LogP contribution is -2.52. The Morgan fingerprint density at radius 1 is 1.08 bits per heavy atom. The summed E-state index contributed by atoms with van der Waals surface area (Å²) < 4.78 is 19.7. The zero-order valence-corrected chi connectivity index (χ0v) is 28.0. The first-order chi connectivity index (χ1) is 23.0. The second-order valence-corrected chi connectivity index (χ2v) is 11.5. The molecule has 0 radical (unpaired) electrons. The first-order valence-corrected chi connectivity index (χ1v) is 16.0. The second-order valence-electron chi connectivity index (χ2n) is 11.5. The molecule has 0 unspecified atom stereocenters. The molecule has 3 aromatic rings. The zero-order chi connectivity index (χ0) is 35.0. The van der Waals surface area contributed by atoms with Crippen molar-refractivity contribution in [2.45, 2.75) is 46.7 Å². The van der Waals surface area contributed by atoms with Gasteiger partial charge in [0.1, 0.15) is 17.6 Å². The van der Waals surface area contributed by atoms with Crippen molar-refractivity contribution < 1.29 is 28.3 Å². The highest BCUT2D eigenvalue weighted by atomic mass is 19.1. The molecule has 6 N–H and O–H groups in total. The van der Waals surface area contributed by atoms with Gasteiger partial charge in [0.25, 0.3) is 11.8 Å². The Labute approximate surface area is 279 Å². The van der Waals surface area contributed by atoms with Crippen LogP contribution in [0.5, 0.6) is 5.75 Å².